The van der Waals surface area contributed by atoms with Crippen LogP contribution in [0.3, 0.4) is 0 Å². The lowest BCUT2D eigenvalue weighted by atomic mass is 9.85. The molecule has 1 saturated carbocycles. The number of aryl methyl sites for hydroxylation is 1. The molecule has 2 atom stereocenters. The predicted octanol–water partition coefficient (Wildman–Crippen LogP) is 4.11. The van der Waals surface area contributed by atoms with Crippen molar-refractivity contribution in [1.29, 1.82) is 0 Å². The Hall–Kier alpha value is -0.610. The summed E-state index contributed by atoms with van der Waals surface area (Å²) in [6.07, 6.45) is 7.02. The summed E-state index contributed by atoms with van der Waals surface area (Å²) in [6, 6.07) is 0.771. The second-order valence-corrected chi connectivity index (χ2v) is 8.76. The molecule has 0 bridgehead atoms. The minimum atomic E-state index is 0.165. The second-order valence-electron chi connectivity index (χ2n) is 7.70. The molecule has 1 aliphatic carbocycles. The van der Waals surface area contributed by atoms with Crippen LogP contribution in [0.2, 0.25) is 0 Å². The van der Waals surface area contributed by atoms with Crippen LogP contribution < -0.4 is 10.2 Å². The molecule has 2 aliphatic rings. The molecule has 1 aromatic heterocycles. The van der Waals surface area contributed by atoms with Gasteiger partial charge in [-0.25, -0.2) is 4.98 Å². The molecule has 4 heteroatoms. The topological polar surface area (TPSA) is 28.2 Å². The normalized spacial score (nSPS) is 26.2. The molecule has 3 nitrogen and oxygen atoms in total. The van der Waals surface area contributed by atoms with Gasteiger partial charge in [-0.3, -0.25) is 0 Å². The van der Waals surface area contributed by atoms with Crippen LogP contribution in [0.4, 0.5) is 5.13 Å². The van der Waals surface area contributed by atoms with Gasteiger partial charge in [0, 0.05) is 29.5 Å². The Bertz CT molecular complexity index is 489. The molecule has 1 aliphatic heterocycles. The van der Waals surface area contributed by atoms with E-state index < -0.39 is 0 Å². The third-order valence-corrected chi connectivity index (χ3v) is 6.11. The molecule has 21 heavy (non-hydrogen) atoms. The van der Waals surface area contributed by atoms with Gasteiger partial charge in [0.05, 0.1) is 5.69 Å². The van der Waals surface area contributed by atoms with Crippen molar-refractivity contribution in [1.82, 2.24) is 10.3 Å². The maximum absolute atomic E-state index is 4.89. The molecule has 1 N–H and O–H groups in total. The molecule has 2 unspecified atom stereocenters. The SMILES string of the molecule is Cc1nc(N2CCC3CCCCC32)sc1CNC(C)(C)C. The molecule has 0 aromatic carbocycles. The number of nitrogens with one attached hydrogen (secondary N) is 1. The highest BCUT2D eigenvalue weighted by Crippen LogP contribution is 2.40. The summed E-state index contributed by atoms with van der Waals surface area (Å²) in [6.45, 7) is 11.0. The van der Waals surface area contributed by atoms with E-state index in [1.165, 1.54) is 54.4 Å². The number of nitrogens with zero attached hydrogens (tertiary/aromatic N) is 2. The van der Waals surface area contributed by atoms with E-state index >= 15 is 0 Å². The Morgan fingerprint density at radius 1 is 1.24 bits per heavy atom. The number of hydrogen-bond acceptors (Lipinski definition) is 4. The van der Waals surface area contributed by atoms with Crippen molar-refractivity contribution in [3.8, 4) is 0 Å². The summed E-state index contributed by atoms with van der Waals surface area (Å²) in [5, 5.41) is 4.86. The molecule has 118 valence electrons. The predicted molar refractivity (Wildman–Crippen MR) is 91.2 cm³/mol. The van der Waals surface area contributed by atoms with Crippen LogP contribution in [-0.2, 0) is 6.54 Å². The van der Waals surface area contributed by atoms with Gasteiger partial charge in [0.15, 0.2) is 5.13 Å². The summed E-state index contributed by atoms with van der Waals surface area (Å²) in [5.74, 6) is 0.930. The highest BCUT2D eigenvalue weighted by atomic mass is 32.1. The fourth-order valence-corrected chi connectivity index (χ4v) is 4.77. The number of aromatic nitrogens is 1. The van der Waals surface area contributed by atoms with Gasteiger partial charge in [-0.2, -0.15) is 0 Å². The maximum atomic E-state index is 4.89. The Morgan fingerprint density at radius 3 is 2.76 bits per heavy atom. The summed E-state index contributed by atoms with van der Waals surface area (Å²) in [5.41, 5.74) is 1.38. The zero-order valence-corrected chi connectivity index (χ0v) is 14.7. The molecular formula is C17H29N3S. The zero-order valence-electron chi connectivity index (χ0n) is 13.9. The van der Waals surface area contributed by atoms with E-state index in [2.05, 4.69) is 37.9 Å². The molecule has 2 heterocycles. The number of fused-ring (bicyclic) bond motifs is 1. The van der Waals surface area contributed by atoms with Gasteiger partial charge in [-0.05, 0) is 52.9 Å². The summed E-state index contributed by atoms with van der Waals surface area (Å²) in [4.78, 5) is 8.90. The summed E-state index contributed by atoms with van der Waals surface area (Å²) in [7, 11) is 0. The van der Waals surface area contributed by atoms with Gasteiger partial charge >= 0.3 is 0 Å². The molecule has 1 aromatic rings. The van der Waals surface area contributed by atoms with Gasteiger partial charge in [0.2, 0.25) is 0 Å². The van der Waals surface area contributed by atoms with Crippen molar-refractivity contribution in [2.24, 2.45) is 5.92 Å². The zero-order chi connectivity index (χ0) is 15.0. The standard InChI is InChI=1S/C17H29N3S/c1-12-15(11-18-17(2,3)4)21-16(19-12)20-10-9-13-7-5-6-8-14(13)20/h13-14,18H,5-11H2,1-4H3. The van der Waals surface area contributed by atoms with E-state index in [4.69, 9.17) is 4.98 Å². The van der Waals surface area contributed by atoms with Crippen molar-refractivity contribution in [3.05, 3.63) is 10.6 Å². The largest absolute Gasteiger partial charge is 0.345 e. The molecule has 3 rings (SSSR count). The minimum absolute atomic E-state index is 0.165. The quantitative estimate of drug-likeness (QED) is 0.911. The van der Waals surface area contributed by atoms with Crippen LogP contribution in [0, 0.1) is 12.8 Å². The molecule has 2 fully saturated rings. The average molecular weight is 308 g/mol. The first kappa shape index (κ1) is 15.3. The first-order chi connectivity index (χ1) is 9.94. The first-order valence-corrected chi connectivity index (χ1v) is 9.24. The highest BCUT2D eigenvalue weighted by Gasteiger charge is 2.37. The molecular weight excluding hydrogens is 278 g/mol. The van der Waals surface area contributed by atoms with Crippen LogP contribution in [0.5, 0.6) is 0 Å². The van der Waals surface area contributed by atoms with E-state index in [1.807, 2.05) is 11.3 Å². The lowest BCUT2D eigenvalue weighted by Crippen LogP contribution is -2.35. The molecule has 0 amide bonds. The monoisotopic (exact) mass is 307 g/mol. The average Bonchev–Trinajstić information content (AvgIpc) is 2.99. The minimum Gasteiger partial charge on any atom is -0.345 e. The van der Waals surface area contributed by atoms with E-state index in [-0.39, 0.29) is 5.54 Å². The fraction of sp³-hybridized carbons (Fsp3) is 0.824. The Balaban J connectivity index is 1.71. The van der Waals surface area contributed by atoms with Crippen LogP contribution in [0.25, 0.3) is 0 Å². The lowest BCUT2D eigenvalue weighted by molar-refractivity contribution is 0.342. The number of anilines is 1. The summed E-state index contributed by atoms with van der Waals surface area (Å²) < 4.78 is 0. The van der Waals surface area contributed by atoms with Gasteiger partial charge in [0.1, 0.15) is 0 Å². The maximum Gasteiger partial charge on any atom is 0.186 e. The van der Waals surface area contributed by atoms with Crippen LogP contribution in [0.1, 0.15) is 63.4 Å². The van der Waals surface area contributed by atoms with E-state index in [0.717, 1.165) is 18.5 Å². The second kappa shape index (κ2) is 5.88. The smallest absolute Gasteiger partial charge is 0.186 e. The van der Waals surface area contributed by atoms with E-state index in [9.17, 15) is 0 Å². The highest BCUT2D eigenvalue weighted by molar-refractivity contribution is 7.15. The fourth-order valence-electron chi connectivity index (χ4n) is 3.69. The van der Waals surface area contributed by atoms with Crippen molar-refractivity contribution < 1.29 is 0 Å². The number of rotatable bonds is 3. The van der Waals surface area contributed by atoms with Crippen molar-refractivity contribution in [3.63, 3.8) is 0 Å². The Morgan fingerprint density at radius 2 is 2.00 bits per heavy atom. The number of thiazole rings is 1. The van der Waals surface area contributed by atoms with Gasteiger partial charge in [-0.1, -0.05) is 12.8 Å². The van der Waals surface area contributed by atoms with E-state index in [0.29, 0.717) is 0 Å². The van der Waals surface area contributed by atoms with Crippen molar-refractivity contribution in [2.45, 2.75) is 77.9 Å². The van der Waals surface area contributed by atoms with Gasteiger partial charge in [0.25, 0.3) is 0 Å². The number of hydrogen-bond donors (Lipinski definition) is 1. The van der Waals surface area contributed by atoms with Crippen LogP contribution >= 0.6 is 11.3 Å². The van der Waals surface area contributed by atoms with Crippen molar-refractivity contribution in [2.75, 3.05) is 11.4 Å². The summed E-state index contributed by atoms with van der Waals surface area (Å²) >= 11 is 1.91. The third kappa shape index (κ3) is 3.42. The van der Waals surface area contributed by atoms with Crippen LogP contribution in [-0.4, -0.2) is 23.1 Å². The lowest BCUT2D eigenvalue weighted by Gasteiger charge is -2.31. The van der Waals surface area contributed by atoms with Crippen LogP contribution in [0.15, 0.2) is 0 Å². The Labute approximate surface area is 133 Å². The first-order valence-electron chi connectivity index (χ1n) is 8.42. The van der Waals surface area contributed by atoms with E-state index in [1.54, 1.807) is 0 Å². The molecule has 0 spiro atoms. The van der Waals surface area contributed by atoms with Gasteiger partial charge in [-0.15, -0.1) is 11.3 Å². The van der Waals surface area contributed by atoms with Gasteiger partial charge < -0.3 is 10.2 Å². The Kier molecular flexibility index (Phi) is 4.28. The molecule has 1 saturated heterocycles. The third-order valence-electron chi connectivity index (χ3n) is 4.92. The van der Waals surface area contributed by atoms with Crippen molar-refractivity contribution >= 4 is 16.5 Å². The molecule has 0 radical (unpaired) electrons.